The molecule has 0 amide bonds. The van der Waals surface area contributed by atoms with Gasteiger partial charge in [-0.2, -0.15) is 4.39 Å². The minimum absolute atomic E-state index is 0.322. The van der Waals surface area contributed by atoms with Gasteiger partial charge in [0.1, 0.15) is 5.75 Å². The molecule has 0 N–H and O–H groups in total. The first-order valence-electron chi connectivity index (χ1n) is 7.08. The van der Waals surface area contributed by atoms with Gasteiger partial charge in [0.05, 0.1) is 13.7 Å². The Morgan fingerprint density at radius 2 is 1.68 bits per heavy atom. The molecular weight excluding hydrogens is 277 g/mol. The predicted octanol–water partition coefficient (Wildman–Crippen LogP) is 4.76. The predicted molar refractivity (Wildman–Crippen MR) is 88.3 cm³/mol. The largest absolute Gasteiger partial charge is 0.497 e. The summed E-state index contributed by atoms with van der Waals surface area (Å²) in [5.41, 5.74) is 1.45. The molecular formula is C19H16FNO. The maximum absolute atomic E-state index is 14.1. The summed E-state index contributed by atoms with van der Waals surface area (Å²) in [7, 11) is 1.58. The summed E-state index contributed by atoms with van der Waals surface area (Å²) in [6.07, 6.45) is 0. The van der Waals surface area contributed by atoms with Crippen LogP contribution in [0.1, 0.15) is 11.1 Å². The molecule has 0 saturated carbocycles. The molecule has 0 unspecified atom stereocenters. The molecule has 0 fully saturated rings. The lowest BCUT2D eigenvalue weighted by atomic mass is 10.1. The van der Waals surface area contributed by atoms with Crippen molar-refractivity contribution in [3.63, 3.8) is 0 Å². The van der Waals surface area contributed by atoms with Gasteiger partial charge in [0.25, 0.3) is 0 Å². The van der Waals surface area contributed by atoms with Gasteiger partial charge in [-0.25, -0.2) is 0 Å². The third-order valence-corrected chi connectivity index (χ3v) is 3.54. The first-order valence-corrected chi connectivity index (χ1v) is 7.08. The molecule has 0 aliphatic heterocycles. The number of aliphatic imine (C=N–C) groups is 1. The van der Waals surface area contributed by atoms with Gasteiger partial charge < -0.3 is 4.74 Å². The average Bonchev–Trinajstić information content (AvgIpc) is 2.59. The van der Waals surface area contributed by atoms with E-state index in [4.69, 9.17) is 4.74 Å². The quantitative estimate of drug-likeness (QED) is 0.635. The highest BCUT2D eigenvalue weighted by Gasteiger charge is 2.03. The lowest BCUT2D eigenvalue weighted by molar-refractivity contribution is 0.415. The molecule has 0 aliphatic carbocycles. The summed E-state index contributed by atoms with van der Waals surface area (Å²) in [5, 5.41) is 2.31. The molecule has 0 atom stereocenters. The second-order valence-corrected chi connectivity index (χ2v) is 5.02. The molecule has 3 heteroatoms. The second kappa shape index (κ2) is 6.39. The number of halogens is 1. The van der Waals surface area contributed by atoms with E-state index in [1.54, 1.807) is 31.4 Å². The Morgan fingerprint density at radius 3 is 2.41 bits per heavy atom. The van der Waals surface area contributed by atoms with E-state index in [0.717, 1.165) is 10.9 Å². The number of rotatable bonds is 4. The average molecular weight is 293 g/mol. The van der Waals surface area contributed by atoms with Gasteiger partial charge in [0.15, 0.2) is 0 Å². The van der Waals surface area contributed by atoms with Crippen LogP contribution >= 0.6 is 0 Å². The number of methoxy groups -OCH3 is 1. The van der Waals surface area contributed by atoms with Crippen LogP contribution in [0.15, 0.2) is 71.7 Å². The monoisotopic (exact) mass is 293 g/mol. The van der Waals surface area contributed by atoms with Gasteiger partial charge in [-0.15, -0.1) is 0 Å². The zero-order chi connectivity index (χ0) is 15.4. The van der Waals surface area contributed by atoms with Crippen LogP contribution in [0.5, 0.6) is 5.75 Å². The molecule has 3 aromatic rings. The summed E-state index contributed by atoms with van der Waals surface area (Å²) < 4.78 is 19.1. The lowest BCUT2D eigenvalue weighted by Gasteiger charge is -2.03. The molecule has 0 radical (unpaired) electrons. The van der Waals surface area contributed by atoms with E-state index in [9.17, 15) is 4.39 Å². The first-order chi connectivity index (χ1) is 10.8. The van der Waals surface area contributed by atoms with Crippen molar-refractivity contribution in [2.75, 3.05) is 7.11 Å². The van der Waals surface area contributed by atoms with Gasteiger partial charge in [-0.3, -0.25) is 4.99 Å². The smallest absolute Gasteiger partial charge is 0.215 e. The molecule has 110 valence electrons. The molecule has 0 saturated heterocycles. The Hall–Kier alpha value is -2.68. The van der Waals surface area contributed by atoms with E-state index < -0.39 is 5.97 Å². The Bertz CT molecular complexity index is 809. The van der Waals surface area contributed by atoms with Crippen molar-refractivity contribution in [2.24, 2.45) is 4.99 Å². The fourth-order valence-corrected chi connectivity index (χ4v) is 2.32. The van der Waals surface area contributed by atoms with Crippen LogP contribution in [-0.2, 0) is 6.54 Å². The van der Waals surface area contributed by atoms with Gasteiger partial charge in [-0.05, 0) is 46.7 Å². The number of fused-ring (bicyclic) bond motifs is 1. The third kappa shape index (κ3) is 3.14. The highest BCUT2D eigenvalue weighted by molar-refractivity contribution is 5.93. The number of benzene rings is 3. The molecule has 0 bridgehead atoms. The normalized spacial score (nSPS) is 11.6. The lowest BCUT2D eigenvalue weighted by Crippen LogP contribution is -1.94. The van der Waals surface area contributed by atoms with E-state index >= 15 is 0 Å². The number of hydrogen-bond donors (Lipinski definition) is 0. The topological polar surface area (TPSA) is 21.6 Å². The van der Waals surface area contributed by atoms with Gasteiger partial charge in [-0.1, -0.05) is 36.4 Å². The molecule has 2 nitrogen and oxygen atoms in total. The summed E-state index contributed by atoms with van der Waals surface area (Å²) >= 11 is 0. The minimum Gasteiger partial charge on any atom is -0.497 e. The first kappa shape index (κ1) is 14.3. The highest BCUT2D eigenvalue weighted by Crippen LogP contribution is 2.17. The van der Waals surface area contributed by atoms with Gasteiger partial charge in [0.2, 0.25) is 5.97 Å². The molecule has 3 aromatic carbocycles. The SMILES string of the molecule is COc1ccc(/C(F)=N/Cc2ccc3ccccc3c2)cc1. The van der Waals surface area contributed by atoms with Gasteiger partial charge >= 0.3 is 0 Å². The van der Waals surface area contributed by atoms with E-state index in [1.807, 2.05) is 36.4 Å². The zero-order valence-electron chi connectivity index (χ0n) is 12.3. The van der Waals surface area contributed by atoms with E-state index in [2.05, 4.69) is 11.1 Å². The molecule has 0 aromatic heterocycles. The maximum Gasteiger partial charge on any atom is 0.215 e. The van der Waals surface area contributed by atoms with E-state index in [0.29, 0.717) is 17.9 Å². The zero-order valence-corrected chi connectivity index (χ0v) is 12.3. The summed E-state index contributed by atoms with van der Waals surface area (Å²) in [6.45, 7) is 0.322. The van der Waals surface area contributed by atoms with Crippen molar-refractivity contribution >= 4 is 16.7 Å². The standard InChI is InChI=1S/C19H16FNO/c1-22-18-10-8-16(9-11-18)19(20)21-13-14-6-7-15-4-2-3-5-17(15)12-14/h2-12H,13H2,1H3/b21-19-. The van der Waals surface area contributed by atoms with Crippen molar-refractivity contribution in [3.8, 4) is 5.75 Å². The summed E-state index contributed by atoms with van der Waals surface area (Å²) in [6, 6.07) is 20.9. The van der Waals surface area contributed by atoms with E-state index in [-0.39, 0.29) is 0 Å². The molecule has 0 spiro atoms. The summed E-state index contributed by atoms with van der Waals surface area (Å²) in [5.74, 6) is 0.238. The van der Waals surface area contributed by atoms with Crippen LogP contribution in [0.3, 0.4) is 0 Å². The van der Waals surface area contributed by atoms with Crippen molar-refractivity contribution in [1.82, 2.24) is 0 Å². The Kier molecular flexibility index (Phi) is 4.15. The van der Waals surface area contributed by atoms with Crippen molar-refractivity contribution < 1.29 is 9.13 Å². The van der Waals surface area contributed by atoms with Crippen LogP contribution in [0.4, 0.5) is 4.39 Å². The third-order valence-electron chi connectivity index (χ3n) is 3.54. The van der Waals surface area contributed by atoms with Crippen LogP contribution < -0.4 is 4.74 Å². The molecule has 22 heavy (non-hydrogen) atoms. The highest BCUT2D eigenvalue weighted by atomic mass is 19.1. The van der Waals surface area contributed by atoms with Crippen molar-refractivity contribution in [2.45, 2.75) is 6.54 Å². The van der Waals surface area contributed by atoms with E-state index in [1.165, 1.54) is 5.39 Å². The molecule has 0 aliphatic rings. The second-order valence-electron chi connectivity index (χ2n) is 5.02. The fourth-order valence-electron chi connectivity index (χ4n) is 2.32. The maximum atomic E-state index is 14.1. The molecule has 3 rings (SSSR count). The van der Waals surface area contributed by atoms with Crippen LogP contribution in [0.25, 0.3) is 10.8 Å². The number of hydrogen-bond acceptors (Lipinski definition) is 2. The van der Waals surface area contributed by atoms with Crippen LogP contribution in [0.2, 0.25) is 0 Å². The fraction of sp³-hybridized carbons (Fsp3) is 0.105. The number of ether oxygens (including phenoxy) is 1. The van der Waals surface area contributed by atoms with Crippen LogP contribution in [0, 0.1) is 0 Å². The Morgan fingerprint density at radius 1 is 0.955 bits per heavy atom. The Labute approximate surface area is 128 Å². The Balaban J connectivity index is 1.78. The summed E-state index contributed by atoms with van der Waals surface area (Å²) in [4.78, 5) is 4.04. The van der Waals surface area contributed by atoms with Gasteiger partial charge in [0, 0.05) is 5.56 Å². The molecule has 0 heterocycles. The van der Waals surface area contributed by atoms with Crippen molar-refractivity contribution in [1.29, 1.82) is 0 Å². The number of nitrogens with zero attached hydrogens (tertiary/aromatic N) is 1. The van der Waals surface area contributed by atoms with Crippen molar-refractivity contribution in [3.05, 3.63) is 77.9 Å². The minimum atomic E-state index is -0.462. The van der Waals surface area contributed by atoms with Crippen LogP contribution in [-0.4, -0.2) is 13.1 Å².